The van der Waals surface area contributed by atoms with Crippen LogP contribution in [0.25, 0.3) is 5.57 Å². The van der Waals surface area contributed by atoms with Crippen LogP contribution in [0.3, 0.4) is 0 Å². The highest BCUT2D eigenvalue weighted by molar-refractivity contribution is 5.96. The Hall–Kier alpha value is -3.31. The van der Waals surface area contributed by atoms with Gasteiger partial charge in [-0.15, -0.1) is 0 Å². The number of aryl methyl sites for hydroxylation is 1. The molecule has 1 atom stereocenters. The first kappa shape index (κ1) is 33.7. The lowest BCUT2D eigenvalue weighted by molar-refractivity contribution is -0.108. The van der Waals surface area contributed by atoms with Gasteiger partial charge in [-0.2, -0.15) is 0 Å². The molecule has 0 aliphatic rings. The summed E-state index contributed by atoms with van der Waals surface area (Å²) in [6, 6.07) is 5.51. The molecule has 37 heavy (non-hydrogen) atoms. The average Bonchev–Trinajstić information content (AvgIpc) is 2.84. The Labute approximate surface area is 224 Å². The Bertz CT molecular complexity index is 1050. The lowest BCUT2D eigenvalue weighted by atomic mass is 9.85. The molecule has 0 heterocycles. The number of nitrogens with zero attached hydrogens (tertiary/aromatic N) is 2. The normalized spacial score (nSPS) is 13.2. The number of benzene rings is 1. The summed E-state index contributed by atoms with van der Waals surface area (Å²) in [5.74, 6) is -0.233. The molecule has 1 amide bonds. The van der Waals surface area contributed by atoms with Gasteiger partial charge in [-0.25, -0.2) is 0 Å². The predicted molar refractivity (Wildman–Crippen MR) is 159 cm³/mol. The fourth-order valence-electron chi connectivity index (χ4n) is 3.40. The molecule has 0 saturated heterocycles. The van der Waals surface area contributed by atoms with Crippen LogP contribution in [0.1, 0.15) is 76.4 Å². The van der Waals surface area contributed by atoms with E-state index in [0.717, 1.165) is 33.4 Å². The van der Waals surface area contributed by atoms with E-state index in [4.69, 9.17) is 0 Å². The second-order valence-electron chi connectivity index (χ2n) is 9.76. The highest BCUT2D eigenvalue weighted by Crippen LogP contribution is 2.29. The summed E-state index contributed by atoms with van der Waals surface area (Å²) >= 11 is 0. The maximum atomic E-state index is 13.0. The highest BCUT2D eigenvalue weighted by atomic mass is 16.3. The predicted octanol–water partition coefficient (Wildman–Crippen LogP) is 7.14. The van der Waals surface area contributed by atoms with Crippen molar-refractivity contribution in [2.45, 2.75) is 67.9 Å². The number of aliphatic hydroxyl groups excluding tert-OH is 1. The number of rotatable bonds is 12. The van der Waals surface area contributed by atoms with Gasteiger partial charge in [0.05, 0.1) is 12.6 Å². The number of aldehydes is 1. The molecule has 5 nitrogen and oxygen atoms in total. The van der Waals surface area contributed by atoms with Gasteiger partial charge in [-0.05, 0) is 85.4 Å². The molecule has 5 heteroatoms. The van der Waals surface area contributed by atoms with E-state index in [-0.39, 0.29) is 17.9 Å². The number of hydrogen-bond donors (Lipinski definition) is 1. The summed E-state index contributed by atoms with van der Waals surface area (Å²) in [4.78, 5) is 29.5. The van der Waals surface area contributed by atoms with E-state index in [0.29, 0.717) is 24.8 Å². The van der Waals surface area contributed by atoms with Crippen molar-refractivity contribution in [3.8, 4) is 0 Å². The second-order valence-corrected chi connectivity index (χ2v) is 9.76. The molecule has 0 aromatic heterocycles. The summed E-state index contributed by atoms with van der Waals surface area (Å²) in [7, 11) is 0. The number of amides is 1. The average molecular weight is 507 g/mol. The summed E-state index contributed by atoms with van der Waals surface area (Å²) in [5, 5.41) is 9.56. The molecule has 1 aromatic carbocycles. The number of carbonyl (C=O) groups excluding carboxylic acids is 2. The molecule has 1 rings (SSSR count). The number of allylic oxidation sites excluding steroid dienone is 7. The molecule has 1 unspecified atom stereocenters. The van der Waals surface area contributed by atoms with E-state index in [2.05, 4.69) is 45.6 Å². The Kier molecular flexibility index (Phi) is 15.0. The van der Waals surface area contributed by atoms with Crippen molar-refractivity contribution < 1.29 is 14.7 Å². The fraction of sp³-hybridized carbons (Fsp3) is 0.406. The van der Waals surface area contributed by atoms with Crippen LogP contribution in [0.15, 0.2) is 77.5 Å². The molecule has 0 bridgehead atoms. The van der Waals surface area contributed by atoms with E-state index in [1.807, 2.05) is 52.0 Å². The zero-order valence-corrected chi connectivity index (χ0v) is 24.1. The summed E-state index contributed by atoms with van der Waals surface area (Å²) < 4.78 is 0. The van der Waals surface area contributed by atoms with Crippen LogP contribution in [-0.4, -0.2) is 48.1 Å². The monoisotopic (exact) mass is 506 g/mol. The summed E-state index contributed by atoms with van der Waals surface area (Å²) in [6.45, 7) is 28.0. The minimum Gasteiger partial charge on any atom is -0.393 e. The molecule has 1 aromatic rings. The van der Waals surface area contributed by atoms with Gasteiger partial charge in [0.15, 0.2) is 0 Å². The van der Waals surface area contributed by atoms with Gasteiger partial charge < -0.3 is 14.8 Å². The van der Waals surface area contributed by atoms with Crippen molar-refractivity contribution in [1.82, 2.24) is 4.90 Å². The first-order valence-corrected chi connectivity index (χ1v) is 12.8. The van der Waals surface area contributed by atoms with Crippen molar-refractivity contribution in [2.24, 2.45) is 10.4 Å². The minimum atomic E-state index is -0.545. The Morgan fingerprint density at radius 3 is 2.27 bits per heavy atom. The topological polar surface area (TPSA) is 70.0 Å². The lowest BCUT2D eigenvalue weighted by Gasteiger charge is -2.21. The van der Waals surface area contributed by atoms with Gasteiger partial charge >= 0.3 is 0 Å². The molecule has 0 radical (unpaired) electrons. The molecule has 0 fully saturated rings. The Balaban J connectivity index is 0.00000631. The van der Waals surface area contributed by atoms with Crippen LogP contribution < -0.4 is 0 Å². The fourth-order valence-corrected chi connectivity index (χ4v) is 3.40. The van der Waals surface area contributed by atoms with Crippen LogP contribution in [-0.2, 0) is 4.79 Å². The quantitative estimate of drug-likeness (QED) is 0.186. The zero-order chi connectivity index (χ0) is 28.8. The molecule has 0 aliphatic heterocycles. The second kappa shape index (κ2) is 16.4. The molecule has 0 aliphatic carbocycles. The molecular weight excluding hydrogens is 460 g/mol. The van der Waals surface area contributed by atoms with Crippen LogP contribution >= 0.6 is 0 Å². The highest BCUT2D eigenvalue weighted by Gasteiger charge is 2.18. The van der Waals surface area contributed by atoms with E-state index >= 15 is 0 Å². The van der Waals surface area contributed by atoms with Gasteiger partial charge in [0, 0.05) is 23.9 Å². The number of carbonyl (C=O) groups is 2. The van der Waals surface area contributed by atoms with Crippen molar-refractivity contribution in [3.05, 3.63) is 89.2 Å². The van der Waals surface area contributed by atoms with E-state index < -0.39 is 6.10 Å². The molecule has 0 saturated carbocycles. The standard InChI is InChI=1S/C30H40N2O3.C2H6/c1-10-25(19-23(4)30(6,7)8)27(20-31-9)18-22(3)28-12-11-26(17-21(28)2)29(35)32(15-16-33)14-13-24(5)34;1-2/h10-12,16-20,24,34H,1,4,9,13-15H2,2-3,5-8H3;1-2H3/b22-18+,25-19+,27-20+;. The smallest absolute Gasteiger partial charge is 0.254 e. The van der Waals surface area contributed by atoms with Crippen molar-refractivity contribution in [1.29, 1.82) is 0 Å². The van der Waals surface area contributed by atoms with Crippen LogP contribution in [0, 0.1) is 12.3 Å². The third kappa shape index (κ3) is 11.1. The molecule has 202 valence electrons. The van der Waals surface area contributed by atoms with E-state index in [1.54, 1.807) is 25.3 Å². The van der Waals surface area contributed by atoms with Crippen molar-refractivity contribution in [3.63, 3.8) is 0 Å². The van der Waals surface area contributed by atoms with Gasteiger partial charge in [0.25, 0.3) is 5.91 Å². The number of aliphatic imine (C=N–C) groups is 1. The third-order valence-electron chi connectivity index (χ3n) is 5.75. The summed E-state index contributed by atoms with van der Waals surface area (Å²) in [5.41, 5.74) is 6.05. The molecule has 1 N–H and O–H groups in total. The van der Waals surface area contributed by atoms with Crippen molar-refractivity contribution in [2.75, 3.05) is 13.1 Å². The van der Waals surface area contributed by atoms with Crippen LogP contribution in [0.2, 0.25) is 0 Å². The van der Waals surface area contributed by atoms with E-state index in [9.17, 15) is 14.7 Å². The van der Waals surface area contributed by atoms with Crippen molar-refractivity contribution >= 4 is 24.5 Å². The summed E-state index contributed by atoms with van der Waals surface area (Å²) in [6.07, 6.45) is 8.07. The Morgan fingerprint density at radius 1 is 1.19 bits per heavy atom. The van der Waals surface area contributed by atoms with Gasteiger partial charge in [-0.3, -0.25) is 9.79 Å². The third-order valence-corrected chi connectivity index (χ3v) is 5.75. The number of aliphatic hydroxyl groups is 1. The first-order valence-electron chi connectivity index (χ1n) is 12.8. The van der Waals surface area contributed by atoms with Crippen LogP contribution in [0.4, 0.5) is 0 Å². The molecule has 0 spiro atoms. The molecular formula is C32H46N2O3. The largest absolute Gasteiger partial charge is 0.393 e. The van der Waals surface area contributed by atoms with E-state index in [1.165, 1.54) is 4.90 Å². The first-order chi connectivity index (χ1) is 17.3. The lowest BCUT2D eigenvalue weighted by Crippen LogP contribution is -2.34. The minimum absolute atomic E-state index is 0.00941. The zero-order valence-electron chi connectivity index (χ0n) is 24.1. The van der Waals surface area contributed by atoms with Gasteiger partial charge in [0.1, 0.15) is 6.29 Å². The maximum absolute atomic E-state index is 13.0. The SMILES string of the molecule is C=CC(=C\C(=C)C(C)(C)C)/C(=C/N=C)/C=C(\C)c1ccc(C(=O)N(CC=O)CCC(C)O)cc1C.CC. The Morgan fingerprint density at radius 2 is 1.81 bits per heavy atom. The van der Waals surface area contributed by atoms with Crippen LogP contribution in [0.5, 0.6) is 0 Å². The van der Waals surface area contributed by atoms with Gasteiger partial charge in [0.2, 0.25) is 0 Å². The maximum Gasteiger partial charge on any atom is 0.254 e. The number of hydrogen-bond acceptors (Lipinski definition) is 4. The van der Waals surface area contributed by atoms with Gasteiger partial charge in [-0.1, -0.05) is 66.0 Å².